The fourth-order valence-corrected chi connectivity index (χ4v) is 2.90. The number of nitrogens with one attached hydrogen (secondary N) is 1. The number of halogens is 1. The summed E-state index contributed by atoms with van der Waals surface area (Å²) in [7, 11) is 0. The molecule has 1 atom stereocenters. The Morgan fingerprint density at radius 2 is 1.90 bits per heavy atom. The zero-order valence-electron chi connectivity index (χ0n) is 11.7. The second-order valence-corrected chi connectivity index (χ2v) is 6.30. The maximum absolute atomic E-state index is 10.8. The van der Waals surface area contributed by atoms with E-state index in [0.29, 0.717) is 4.47 Å². The first-order valence-electron chi connectivity index (χ1n) is 6.35. The Balaban J connectivity index is 2.13. The number of thioether (sulfide) groups is 1. The molecule has 0 radical (unpaired) electrons. The molecule has 4 nitrogen and oxygen atoms in total. The highest BCUT2D eigenvalue weighted by Gasteiger charge is 2.13. The van der Waals surface area contributed by atoms with Gasteiger partial charge in [0.05, 0.1) is 9.40 Å². The molecule has 1 unspecified atom stereocenters. The summed E-state index contributed by atoms with van der Waals surface area (Å²) in [5, 5.41) is 14.1. The number of rotatable bonds is 5. The molecule has 2 aromatic rings. The van der Waals surface area contributed by atoms with Crippen LogP contribution in [0.15, 0.2) is 51.8 Å². The van der Waals surface area contributed by atoms with E-state index in [9.17, 15) is 10.1 Å². The highest BCUT2D eigenvalue weighted by Crippen LogP contribution is 2.29. The fraction of sp³-hybridized carbons (Fsp3) is 0.200. The zero-order chi connectivity index (χ0) is 15.4. The molecule has 0 aliphatic rings. The molecule has 2 aromatic carbocycles. The molecule has 0 aliphatic carbocycles. The number of nitro benzene ring substituents is 1. The van der Waals surface area contributed by atoms with Crippen molar-refractivity contribution in [3.05, 3.63) is 62.6 Å². The standard InChI is InChI=1S/C15H15BrN2O2S/c1-10(11-3-6-13(21-2)7-4-11)17-12-5-8-15(18(19)20)14(16)9-12/h3-10,17H,1-2H3. The Bertz CT molecular complexity index is 647. The van der Waals surface area contributed by atoms with Gasteiger partial charge in [0.2, 0.25) is 0 Å². The Morgan fingerprint density at radius 1 is 1.24 bits per heavy atom. The Kier molecular flexibility index (Phi) is 5.25. The van der Waals surface area contributed by atoms with Crippen molar-refractivity contribution < 1.29 is 4.92 Å². The number of nitro groups is 1. The highest BCUT2D eigenvalue weighted by molar-refractivity contribution is 9.10. The van der Waals surface area contributed by atoms with Crippen molar-refractivity contribution in [3.63, 3.8) is 0 Å². The van der Waals surface area contributed by atoms with Gasteiger partial charge in [-0.1, -0.05) is 12.1 Å². The maximum atomic E-state index is 10.8. The first-order valence-corrected chi connectivity index (χ1v) is 8.37. The van der Waals surface area contributed by atoms with Crippen LogP contribution >= 0.6 is 27.7 Å². The van der Waals surface area contributed by atoms with Crippen LogP contribution in [-0.2, 0) is 0 Å². The summed E-state index contributed by atoms with van der Waals surface area (Å²) in [4.78, 5) is 11.6. The van der Waals surface area contributed by atoms with Gasteiger partial charge in [0.25, 0.3) is 5.69 Å². The quantitative estimate of drug-likeness (QED) is 0.445. The van der Waals surface area contributed by atoms with Gasteiger partial charge in [0.15, 0.2) is 0 Å². The third kappa shape index (κ3) is 3.98. The van der Waals surface area contributed by atoms with E-state index in [-0.39, 0.29) is 11.7 Å². The summed E-state index contributed by atoms with van der Waals surface area (Å²) >= 11 is 4.94. The number of nitrogens with zero attached hydrogens (tertiary/aromatic N) is 1. The van der Waals surface area contributed by atoms with Gasteiger partial charge in [0, 0.05) is 22.7 Å². The van der Waals surface area contributed by atoms with Crippen LogP contribution in [0.1, 0.15) is 18.5 Å². The second-order valence-electron chi connectivity index (χ2n) is 4.56. The lowest BCUT2D eigenvalue weighted by atomic mass is 10.1. The average Bonchev–Trinajstić information content (AvgIpc) is 2.47. The van der Waals surface area contributed by atoms with E-state index in [2.05, 4.69) is 52.4 Å². The molecule has 0 fully saturated rings. The number of hydrogen-bond acceptors (Lipinski definition) is 4. The smallest absolute Gasteiger partial charge is 0.283 e. The average molecular weight is 367 g/mol. The molecule has 0 bridgehead atoms. The Morgan fingerprint density at radius 3 is 2.43 bits per heavy atom. The van der Waals surface area contributed by atoms with Crippen molar-refractivity contribution >= 4 is 39.1 Å². The molecular formula is C15H15BrN2O2S. The molecule has 0 heterocycles. The third-order valence-electron chi connectivity index (χ3n) is 3.14. The predicted octanol–water partition coefficient (Wildman–Crippen LogP) is 5.25. The van der Waals surface area contributed by atoms with E-state index < -0.39 is 4.92 Å². The summed E-state index contributed by atoms with van der Waals surface area (Å²) in [6.07, 6.45) is 2.05. The van der Waals surface area contributed by atoms with Crippen molar-refractivity contribution in [1.29, 1.82) is 0 Å². The summed E-state index contributed by atoms with van der Waals surface area (Å²) in [6.45, 7) is 2.06. The van der Waals surface area contributed by atoms with Crippen LogP contribution in [0, 0.1) is 10.1 Å². The van der Waals surface area contributed by atoms with Gasteiger partial charge in [-0.05, 0) is 58.9 Å². The summed E-state index contributed by atoms with van der Waals surface area (Å²) in [6, 6.07) is 13.4. The Hall–Kier alpha value is -1.53. The predicted molar refractivity (Wildman–Crippen MR) is 91.1 cm³/mol. The summed E-state index contributed by atoms with van der Waals surface area (Å²) < 4.78 is 0.474. The van der Waals surface area contributed by atoms with E-state index in [1.807, 2.05) is 6.26 Å². The maximum Gasteiger partial charge on any atom is 0.283 e. The molecule has 0 saturated heterocycles. The minimum absolute atomic E-state index is 0.0672. The first-order chi connectivity index (χ1) is 10.0. The van der Waals surface area contributed by atoms with E-state index in [4.69, 9.17) is 0 Å². The van der Waals surface area contributed by atoms with Crippen LogP contribution in [0.3, 0.4) is 0 Å². The van der Waals surface area contributed by atoms with Gasteiger partial charge in [0.1, 0.15) is 0 Å². The lowest BCUT2D eigenvalue weighted by molar-refractivity contribution is -0.385. The van der Waals surface area contributed by atoms with Crippen LogP contribution in [0.5, 0.6) is 0 Å². The van der Waals surface area contributed by atoms with Crippen LogP contribution < -0.4 is 5.32 Å². The first kappa shape index (κ1) is 15.9. The zero-order valence-corrected chi connectivity index (χ0v) is 14.1. The van der Waals surface area contributed by atoms with E-state index in [1.54, 1.807) is 23.9 Å². The van der Waals surface area contributed by atoms with E-state index >= 15 is 0 Å². The minimum Gasteiger partial charge on any atom is -0.378 e. The van der Waals surface area contributed by atoms with Gasteiger partial charge < -0.3 is 5.32 Å². The number of benzene rings is 2. The van der Waals surface area contributed by atoms with Gasteiger partial charge in [-0.2, -0.15) is 0 Å². The molecular weight excluding hydrogens is 352 g/mol. The lowest BCUT2D eigenvalue weighted by Gasteiger charge is -2.16. The summed E-state index contributed by atoms with van der Waals surface area (Å²) in [5.41, 5.74) is 2.08. The molecule has 21 heavy (non-hydrogen) atoms. The molecule has 0 saturated carbocycles. The van der Waals surface area contributed by atoms with Gasteiger partial charge in [-0.15, -0.1) is 11.8 Å². The molecule has 1 N–H and O–H groups in total. The SMILES string of the molecule is CSc1ccc(C(C)Nc2ccc([N+](=O)[O-])c(Br)c2)cc1. The van der Waals surface area contributed by atoms with Gasteiger partial charge >= 0.3 is 0 Å². The molecule has 2 rings (SSSR count). The van der Waals surface area contributed by atoms with Crippen LogP contribution in [0.2, 0.25) is 0 Å². The Labute approximate surface area is 136 Å². The second kappa shape index (κ2) is 6.95. The van der Waals surface area contributed by atoms with Crippen molar-refractivity contribution in [3.8, 4) is 0 Å². The topological polar surface area (TPSA) is 55.2 Å². The van der Waals surface area contributed by atoms with Crippen LogP contribution in [-0.4, -0.2) is 11.2 Å². The summed E-state index contributed by atoms with van der Waals surface area (Å²) in [5.74, 6) is 0. The van der Waals surface area contributed by atoms with Crippen molar-refractivity contribution in [2.24, 2.45) is 0 Å². The molecule has 110 valence electrons. The van der Waals surface area contributed by atoms with Gasteiger partial charge in [-0.3, -0.25) is 10.1 Å². The fourth-order valence-electron chi connectivity index (χ4n) is 1.97. The van der Waals surface area contributed by atoms with Crippen LogP contribution in [0.4, 0.5) is 11.4 Å². The lowest BCUT2D eigenvalue weighted by Crippen LogP contribution is -2.06. The molecule has 0 aliphatic heterocycles. The monoisotopic (exact) mass is 366 g/mol. The van der Waals surface area contributed by atoms with Crippen molar-refractivity contribution in [2.45, 2.75) is 17.9 Å². The van der Waals surface area contributed by atoms with Crippen molar-refractivity contribution in [1.82, 2.24) is 0 Å². The highest BCUT2D eigenvalue weighted by atomic mass is 79.9. The number of anilines is 1. The minimum atomic E-state index is -0.404. The van der Waals surface area contributed by atoms with Crippen molar-refractivity contribution in [2.75, 3.05) is 11.6 Å². The van der Waals surface area contributed by atoms with Crippen LogP contribution in [0.25, 0.3) is 0 Å². The largest absolute Gasteiger partial charge is 0.378 e. The normalized spacial score (nSPS) is 12.0. The molecule has 0 aromatic heterocycles. The van der Waals surface area contributed by atoms with E-state index in [1.165, 1.54) is 16.5 Å². The molecule has 0 spiro atoms. The number of hydrogen-bond donors (Lipinski definition) is 1. The molecule has 0 amide bonds. The van der Waals surface area contributed by atoms with E-state index in [0.717, 1.165) is 5.69 Å². The third-order valence-corrected chi connectivity index (χ3v) is 4.52. The van der Waals surface area contributed by atoms with Gasteiger partial charge in [-0.25, -0.2) is 0 Å². The molecule has 6 heteroatoms.